The van der Waals surface area contributed by atoms with E-state index < -0.39 is 0 Å². The van der Waals surface area contributed by atoms with Gasteiger partial charge in [-0.25, -0.2) is 9.97 Å². The summed E-state index contributed by atoms with van der Waals surface area (Å²) in [4.78, 5) is 9.25. The van der Waals surface area contributed by atoms with Crippen molar-refractivity contribution >= 4 is 34.4 Å². The maximum atomic E-state index is 6.14. The molecule has 0 saturated carbocycles. The molecule has 0 aliphatic heterocycles. The molecule has 22 heavy (non-hydrogen) atoms. The van der Waals surface area contributed by atoms with Gasteiger partial charge in [0.05, 0.1) is 10.0 Å². The van der Waals surface area contributed by atoms with E-state index in [1.54, 1.807) is 6.07 Å². The molecule has 4 nitrogen and oxygen atoms in total. The number of halogens is 2. The van der Waals surface area contributed by atoms with E-state index in [9.17, 15) is 0 Å². The van der Waals surface area contributed by atoms with Gasteiger partial charge in [-0.2, -0.15) is 0 Å². The van der Waals surface area contributed by atoms with Gasteiger partial charge in [-0.05, 0) is 49.7 Å². The van der Waals surface area contributed by atoms with E-state index in [1.807, 2.05) is 31.3 Å². The van der Waals surface area contributed by atoms with Crippen molar-refractivity contribution in [2.75, 3.05) is 6.54 Å². The molecular weight excluding hydrogens is 319 g/mol. The Morgan fingerprint density at radius 3 is 2.73 bits per heavy atom. The van der Waals surface area contributed by atoms with E-state index in [0.717, 1.165) is 41.1 Å². The van der Waals surface area contributed by atoms with Gasteiger partial charge in [0.15, 0.2) is 5.65 Å². The second kappa shape index (κ2) is 6.24. The predicted molar refractivity (Wildman–Crippen MR) is 91.4 cm³/mol. The van der Waals surface area contributed by atoms with Crippen molar-refractivity contribution in [1.29, 1.82) is 0 Å². The van der Waals surface area contributed by atoms with Crippen LogP contribution in [0.2, 0.25) is 10.0 Å². The number of benzene rings is 1. The van der Waals surface area contributed by atoms with Gasteiger partial charge in [0.2, 0.25) is 0 Å². The monoisotopic (exact) mass is 334 g/mol. The molecule has 1 aromatic carbocycles. The Labute approximate surface area is 138 Å². The average molecular weight is 335 g/mol. The van der Waals surface area contributed by atoms with Crippen molar-refractivity contribution in [1.82, 2.24) is 14.5 Å². The molecule has 0 aliphatic carbocycles. The van der Waals surface area contributed by atoms with Gasteiger partial charge in [-0.1, -0.05) is 23.2 Å². The fourth-order valence-corrected chi connectivity index (χ4v) is 2.73. The lowest BCUT2D eigenvalue weighted by Crippen LogP contribution is -2.07. The number of imidazole rings is 1. The number of nitrogens with two attached hydrogens (primary N) is 1. The standard InChI is InChI=1S/C16H16Cl2N4/c1-10-7-14-16(20-9-10)22(6-2-5-19)15(21-14)11-3-4-12(17)13(18)8-11/h3-4,7-9H,2,5-6,19H2,1H3. The molecule has 0 saturated heterocycles. The predicted octanol–water partition coefficient (Wildman–Crippen LogP) is 4.06. The first-order valence-corrected chi connectivity index (χ1v) is 7.84. The molecule has 3 aromatic rings. The molecule has 0 unspecified atom stereocenters. The minimum atomic E-state index is 0.515. The molecule has 114 valence electrons. The Hall–Kier alpha value is -1.62. The highest BCUT2D eigenvalue weighted by Gasteiger charge is 2.14. The summed E-state index contributed by atoms with van der Waals surface area (Å²) >= 11 is 12.1. The highest BCUT2D eigenvalue weighted by molar-refractivity contribution is 6.42. The number of rotatable bonds is 4. The second-order valence-corrected chi connectivity index (χ2v) is 6.03. The van der Waals surface area contributed by atoms with E-state index in [4.69, 9.17) is 33.9 Å². The molecule has 2 aromatic heterocycles. The summed E-state index contributed by atoms with van der Waals surface area (Å²) in [5, 5.41) is 1.05. The molecule has 3 rings (SSSR count). The minimum Gasteiger partial charge on any atom is -0.330 e. The topological polar surface area (TPSA) is 56.7 Å². The Morgan fingerprint density at radius 1 is 1.18 bits per heavy atom. The average Bonchev–Trinajstić information content (AvgIpc) is 2.85. The Bertz CT molecular complexity index is 826. The third-order valence-corrected chi connectivity index (χ3v) is 4.22. The lowest BCUT2D eigenvalue weighted by Gasteiger charge is -2.08. The van der Waals surface area contributed by atoms with Crippen LogP contribution < -0.4 is 5.73 Å². The smallest absolute Gasteiger partial charge is 0.160 e. The molecule has 6 heteroatoms. The zero-order valence-corrected chi connectivity index (χ0v) is 13.7. The zero-order chi connectivity index (χ0) is 15.7. The molecule has 0 fully saturated rings. The SMILES string of the molecule is Cc1cnc2c(c1)nc(-c1ccc(Cl)c(Cl)c1)n2CCCN. The number of hydrogen-bond acceptors (Lipinski definition) is 3. The number of nitrogens with zero attached hydrogens (tertiary/aromatic N) is 3. The number of pyridine rings is 1. The van der Waals surface area contributed by atoms with Crippen LogP contribution in [0.5, 0.6) is 0 Å². The fraction of sp³-hybridized carbons (Fsp3) is 0.250. The summed E-state index contributed by atoms with van der Waals surface area (Å²) in [5.41, 5.74) is 9.39. The summed E-state index contributed by atoms with van der Waals surface area (Å²) in [6.07, 6.45) is 2.71. The van der Waals surface area contributed by atoms with Crippen LogP contribution in [-0.2, 0) is 6.54 Å². The van der Waals surface area contributed by atoms with Gasteiger partial charge < -0.3 is 10.3 Å². The zero-order valence-electron chi connectivity index (χ0n) is 12.2. The Balaban J connectivity index is 2.19. The first-order chi connectivity index (χ1) is 10.6. The van der Waals surface area contributed by atoms with Crippen molar-refractivity contribution in [2.45, 2.75) is 19.9 Å². The van der Waals surface area contributed by atoms with E-state index in [1.165, 1.54) is 0 Å². The van der Waals surface area contributed by atoms with Crippen molar-refractivity contribution in [3.63, 3.8) is 0 Å². The molecule has 2 heterocycles. The van der Waals surface area contributed by atoms with Crippen molar-refractivity contribution < 1.29 is 0 Å². The number of aryl methyl sites for hydroxylation is 2. The van der Waals surface area contributed by atoms with Crippen molar-refractivity contribution in [3.05, 3.63) is 46.1 Å². The molecule has 0 bridgehead atoms. The Morgan fingerprint density at radius 2 is 2.00 bits per heavy atom. The van der Waals surface area contributed by atoms with E-state index in [-0.39, 0.29) is 0 Å². The largest absolute Gasteiger partial charge is 0.330 e. The number of fused-ring (bicyclic) bond motifs is 1. The first-order valence-electron chi connectivity index (χ1n) is 7.08. The quantitative estimate of drug-likeness (QED) is 0.782. The summed E-state index contributed by atoms with van der Waals surface area (Å²) in [5.74, 6) is 0.833. The van der Waals surface area contributed by atoms with Crippen LogP contribution in [0.25, 0.3) is 22.6 Å². The second-order valence-electron chi connectivity index (χ2n) is 5.21. The third-order valence-electron chi connectivity index (χ3n) is 3.49. The van der Waals surface area contributed by atoms with E-state index in [2.05, 4.69) is 9.55 Å². The van der Waals surface area contributed by atoms with Crippen LogP contribution in [0.3, 0.4) is 0 Å². The maximum absolute atomic E-state index is 6.14. The highest BCUT2D eigenvalue weighted by Crippen LogP contribution is 2.30. The van der Waals surface area contributed by atoms with Crippen LogP contribution in [0, 0.1) is 6.92 Å². The minimum absolute atomic E-state index is 0.515. The van der Waals surface area contributed by atoms with Gasteiger partial charge in [0, 0.05) is 18.3 Å². The summed E-state index contributed by atoms with van der Waals surface area (Å²) in [6, 6.07) is 7.56. The van der Waals surface area contributed by atoms with Crippen LogP contribution in [0.15, 0.2) is 30.5 Å². The van der Waals surface area contributed by atoms with Crippen LogP contribution in [0.4, 0.5) is 0 Å². The molecule has 0 radical (unpaired) electrons. The van der Waals surface area contributed by atoms with Gasteiger partial charge in [0.1, 0.15) is 11.3 Å². The van der Waals surface area contributed by atoms with Gasteiger partial charge in [-0.3, -0.25) is 0 Å². The van der Waals surface area contributed by atoms with Crippen molar-refractivity contribution in [3.8, 4) is 11.4 Å². The number of aromatic nitrogens is 3. The molecule has 2 N–H and O–H groups in total. The van der Waals surface area contributed by atoms with E-state index >= 15 is 0 Å². The first kappa shape index (κ1) is 15.3. The highest BCUT2D eigenvalue weighted by atomic mass is 35.5. The summed E-state index contributed by atoms with van der Waals surface area (Å²) < 4.78 is 2.08. The lowest BCUT2D eigenvalue weighted by atomic mass is 10.2. The third kappa shape index (κ3) is 2.82. The maximum Gasteiger partial charge on any atom is 0.160 e. The normalized spacial score (nSPS) is 11.3. The molecule has 0 amide bonds. The summed E-state index contributed by atoms with van der Waals surface area (Å²) in [7, 11) is 0. The molecule has 0 aliphatic rings. The number of hydrogen-bond donors (Lipinski definition) is 1. The van der Waals surface area contributed by atoms with Gasteiger partial charge >= 0.3 is 0 Å². The molecule has 0 spiro atoms. The lowest BCUT2D eigenvalue weighted by molar-refractivity contribution is 0.667. The molecular formula is C16H16Cl2N4. The Kier molecular flexibility index (Phi) is 4.34. The van der Waals surface area contributed by atoms with E-state index in [0.29, 0.717) is 16.6 Å². The fourth-order valence-electron chi connectivity index (χ4n) is 2.43. The molecule has 0 atom stereocenters. The van der Waals surface area contributed by atoms with Crippen LogP contribution in [0.1, 0.15) is 12.0 Å². The van der Waals surface area contributed by atoms with Crippen molar-refractivity contribution in [2.24, 2.45) is 5.73 Å². The van der Waals surface area contributed by atoms with Crippen LogP contribution >= 0.6 is 23.2 Å². The summed E-state index contributed by atoms with van der Waals surface area (Å²) in [6.45, 7) is 3.38. The van der Waals surface area contributed by atoms with Crippen LogP contribution in [-0.4, -0.2) is 21.1 Å². The van der Waals surface area contributed by atoms with Gasteiger partial charge in [0.25, 0.3) is 0 Å². The van der Waals surface area contributed by atoms with Gasteiger partial charge in [-0.15, -0.1) is 0 Å².